The van der Waals surface area contributed by atoms with Crippen LogP contribution in [0.1, 0.15) is 42.4 Å². The van der Waals surface area contributed by atoms with Gasteiger partial charge in [-0.15, -0.1) is 11.3 Å². The predicted octanol–water partition coefficient (Wildman–Crippen LogP) is 3.09. The zero-order valence-electron chi connectivity index (χ0n) is 10.8. The van der Waals surface area contributed by atoms with E-state index in [1.165, 1.54) is 22.6 Å². The van der Waals surface area contributed by atoms with E-state index >= 15 is 0 Å². The van der Waals surface area contributed by atoms with Crippen LogP contribution in [-0.2, 0) is 6.54 Å². The molecule has 2 unspecified atom stereocenters. The van der Waals surface area contributed by atoms with E-state index in [0.717, 1.165) is 25.3 Å². The number of aliphatic hydroxyl groups excluding tert-OH is 1. The molecule has 3 heteroatoms. The molecule has 1 aromatic rings. The molecule has 1 heterocycles. The van der Waals surface area contributed by atoms with E-state index in [2.05, 4.69) is 31.3 Å². The Hall–Kier alpha value is -0.380. The first kappa shape index (κ1) is 13.1. The first-order valence-corrected chi connectivity index (χ1v) is 7.36. The lowest BCUT2D eigenvalue weighted by atomic mass is 9.77. The number of aliphatic hydroxyl groups is 1. The summed E-state index contributed by atoms with van der Waals surface area (Å²) >= 11 is 1.84. The second kappa shape index (κ2) is 5.51. The molecule has 96 valence electrons. The Morgan fingerprint density at radius 1 is 1.53 bits per heavy atom. The van der Waals surface area contributed by atoms with E-state index in [1.807, 2.05) is 11.3 Å². The molecule has 0 aromatic carbocycles. The Morgan fingerprint density at radius 2 is 2.35 bits per heavy atom. The summed E-state index contributed by atoms with van der Waals surface area (Å²) < 4.78 is 0. The average molecular weight is 253 g/mol. The molecule has 1 aliphatic carbocycles. The Balaban J connectivity index is 1.94. The Morgan fingerprint density at radius 3 is 2.94 bits per heavy atom. The van der Waals surface area contributed by atoms with Crippen molar-refractivity contribution in [1.29, 1.82) is 0 Å². The van der Waals surface area contributed by atoms with Gasteiger partial charge in [0.05, 0.1) is 6.61 Å². The lowest BCUT2D eigenvalue weighted by molar-refractivity contribution is 0.0985. The maximum Gasteiger partial charge on any atom is 0.0613 e. The maximum absolute atomic E-state index is 9.68. The van der Waals surface area contributed by atoms with Crippen LogP contribution in [0.3, 0.4) is 0 Å². The first-order chi connectivity index (χ1) is 8.13. The van der Waals surface area contributed by atoms with Crippen molar-refractivity contribution >= 4 is 11.3 Å². The highest BCUT2D eigenvalue weighted by Gasteiger charge is 2.33. The third kappa shape index (κ3) is 3.30. The number of nitrogens with one attached hydrogen (secondary N) is 1. The average Bonchev–Trinajstić information content (AvgIpc) is 2.73. The van der Waals surface area contributed by atoms with Crippen LogP contribution in [0, 0.1) is 12.8 Å². The van der Waals surface area contributed by atoms with Gasteiger partial charge in [-0.2, -0.15) is 0 Å². The van der Waals surface area contributed by atoms with Crippen LogP contribution in [0.25, 0.3) is 0 Å². The van der Waals surface area contributed by atoms with Crippen molar-refractivity contribution < 1.29 is 5.11 Å². The molecule has 0 bridgehead atoms. The second-order valence-electron chi connectivity index (χ2n) is 5.51. The smallest absolute Gasteiger partial charge is 0.0613 e. The number of aryl methyl sites for hydroxylation is 1. The molecule has 17 heavy (non-hydrogen) atoms. The molecule has 1 aliphatic rings. The lowest BCUT2D eigenvalue weighted by Gasteiger charge is -2.39. The largest absolute Gasteiger partial charge is 0.394 e. The Labute approximate surface area is 108 Å². The molecule has 2 rings (SSSR count). The summed E-state index contributed by atoms with van der Waals surface area (Å²) in [4.78, 5) is 2.73. The summed E-state index contributed by atoms with van der Waals surface area (Å²) in [6, 6.07) is 4.35. The number of hydrogen-bond acceptors (Lipinski definition) is 3. The van der Waals surface area contributed by atoms with Crippen molar-refractivity contribution in [1.82, 2.24) is 5.32 Å². The fourth-order valence-corrected chi connectivity index (χ4v) is 3.70. The minimum atomic E-state index is -0.0322. The van der Waals surface area contributed by atoms with E-state index in [9.17, 15) is 5.11 Å². The van der Waals surface area contributed by atoms with Gasteiger partial charge in [-0.25, -0.2) is 0 Å². The quantitative estimate of drug-likeness (QED) is 0.864. The van der Waals surface area contributed by atoms with Gasteiger partial charge in [0.2, 0.25) is 0 Å². The van der Waals surface area contributed by atoms with Crippen molar-refractivity contribution in [3.8, 4) is 0 Å². The standard InChI is InChI=1S/C14H23NOS/c1-11-4-3-7-14(8-11,10-16)15-9-13-6-5-12(2)17-13/h5-6,11,15-16H,3-4,7-10H2,1-2H3. The summed E-state index contributed by atoms with van der Waals surface area (Å²) in [7, 11) is 0. The molecule has 2 N–H and O–H groups in total. The molecule has 1 aromatic heterocycles. The van der Waals surface area contributed by atoms with Crippen LogP contribution in [0.5, 0.6) is 0 Å². The van der Waals surface area contributed by atoms with Crippen LogP contribution < -0.4 is 5.32 Å². The molecule has 0 amide bonds. The molecule has 1 saturated carbocycles. The van der Waals surface area contributed by atoms with Crippen LogP contribution >= 0.6 is 11.3 Å². The summed E-state index contributed by atoms with van der Waals surface area (Å²) in [6.07, 6.45) is 4.76. The van der Waals surface area contributed by atoms with Crippen LogP contribution in [-0.4, -0.2) is 17.3 Å². The van der Waals surface area contributed by atoms with Gasteiger partial charge in [-0.05, 0) is 37.8 Å². The molecule has 2 nitrogen and oxygen atoms in total. The fourth-order valence-electron chi connectivity index (χ4n) is 2.87. The van der Waals surface area contributed by atoms with Crippen molar-refractivity contribution in [2.24, 2.45) is 5.92 Å². The lowest BCUT2D eigenvalue weighted by Crippen LogP contribution is -2.50. The van der Waals surface area contributed by atoms with Gasteiger partial charge in [0.15, 0.2) is 0 Å². The zero-order chi connectivity index (χ0) is 12.3. The highest BCUT2D eigenvalue weighted by Crippen LogP contribution is 2.32. The second-order valence-corrected chi connectivity index (χ2v) is 6.88. The third-order valence-electron chi connectivity index (χ3n) is 3.83. The predicted molar refractivity (Wildman–Crippen MR) is 73.3 cm³/mol. The monoisotopic (exact) mass is 253 g/mol. The van der Waals surface area contributed by atoms with Gasteiger partial charge in [0.1, 0.15) is 0 Å². The number of thiophene rings is 1. The van der Waals surface area contributed by atoms with Gasteiger partial charge in [-0.3, -0.25) is 0 Å². The number of rotatable bonds is 4. The molecular weight excluding hydrogens is 230 g/mol. The van der Waals surface area contributed by atoms with E-state index in [-0.39, 0.29) is 12.1 Å². The van der Waals surface area contributed by atoms with E-state index in [1.54, 1.807) is 0 Å². The summed E-state index contributed by atoms with van der Waals surface area (Å²) in [5.74, 6) is 0.730. The minimum Gasteiger partial charge on any atom is -0.394 e. The minimum absolute atomic E-state index is 0.0322. The Kier molecular flexibility index (Phi) is 4.23. The topological polar surface area (TPSA) is 32.3 Å². The van der Waals surface area contributed by atoms with Gasteiger partial charge >= 0.3 is 0 Å². The molecule has 0 saturated heterocycles. The van der Waals surface area contributed by atoms with Crippen LogP contribution in [0.15, 0.2) is 12.1 Å². The highest BCUT2D eigenvalue weighted by molar-refractivity contribution is 7.11. The van der Waals surface area contributed by atoms with Crippen molar-refractivity contribution in [3.05, 3.63) is 21.9 Å². The van der Waals surface area contributed by atoms with Crippen molar-refractivity contribution in [2.45, 2.75) is 51.6 Å². The SMILES string of the molecule is Cc1ccc(CNC2(CO)CCCC(C)C2)s1. The van der Waals surface area contributed by atoms with Crippen LogP contribution in [0.4, 0.5) is 0 Å². The van der Waals surface area contributed by atoms with Gasteiger partial charge < -0.3 is 10.4 Å². The molecule has 0 aliphatic heterocycles. The molecule has 2 atom stereocenters. The summed E-state index contributed by atoms with van der Waals surface area (Å²) in [5.41, 5.74) is -0.0322. The number of hydrogen-bond donors (Lipinski definition) is 2. The normalized spacial score (nSPS) is 29.5. The van der Waals surface area contributed by atoms with Crippen molar-refractivity contribution in [3.63, 3.8) is 0 Å². The molecule has 0 radical (unpaired) electrons. The zero-order valence-corrected chi connectivity index (χ0v) is 11.6. The molecule has 1 fully saturated rings. The maximum atomic E-state index is 9.68. The van der Waals surface area contributed by atoms with Gasteiger partial charge in [0, 0.05) is 21.8 Å². The summed E-state index contributed by atoms with van der Waals surface area (Å²) in [6.45, 7) is 5.59. The van der Waals surface area contributed by atoms with Crippen molar-refractivity contribution in [2.75, 3.05) is 6.61 Å². The fraction of sp³-hybridized carbons (Fsp3) is 0.714. The third-order valence-corrected chi connectivity index (χ3v) is 4.83. The molecule has 0 spiro atoms. The van der Waals surface area contributed by atoms with Crippen LogP contribution in [0.2, 0.25) is 0 Å². The van der Waals surface area contributed by atoms with E-state index < -0.39 is 0 Å². The van der Waals surface area contributed by atoms with E-state index in [0.29, 0.717) is 0 Å². The van der Waals surface area contributed by atoms with Gasteiger partial charge in [-0.1, -0.05) is 19.8 Å². The van der Waals surface area contributed by atoms with Gasteiger partial charge in [0.25, 0.3) is 0 Å². The first-order valence-electron chi connectivity index (χ1n) is 6.55. The Bertz CT molecular complexity index is 363. The summed E-state index contributed by atoms with van der Waals surface area (Å²) in [5, 5.41) is 13.3. The molecular formula is C14H23NOS. The van der Waals surface area contributed by atoms with E-state index in [4.69, 9.17) is 0 Å². The highest BCUT2D eigenvalue weighted by atomic mass is 32.1.